The van der Waals surface area contributed by atoms with Crippen LogP contribution in [0, 0.1) is 0 Å². The molecular weight excluding hydrogens is 783 g/mol. The molecular formula is C64H55N. The van der Waals surface area contributed by atoms with Crippen LogP contribution in [0.2, 0.25) is 0 Å². The molecule has 10 rings (SSSR count). The van der Waals surface area contributed by atoms with Crippen molar-refractivity contribution in [2.75, 3.05) is 4.90 Å². The zero-order valence-electron chi connectivity index (χ0n) is 38.3. The van der Waals surface area contributed by atoms with E-state index < -0.39 is 0 Å². The largest absolute Gasteiger partial charge is 0.310 e. The first-order valence-corrected chi connectivity index (χ1v) is 22.9. The second-order valence-corrected chi connectivity index (χ2v) is 19.4. The van der Waals surface area contributed by atoms with Gasteiger partial charge in [-0.1, -0.05) is 236 Å². The molecule has 0 saturated carbocycles. The minimum atomic E-state index is -0.00172. The first-order valence-electron chi connectivity index (χ1n) is 22.9. The number of para-hydroxylation sites is 1. The van der Waals surface area contributed by atoms with Crippen LogP contribution in [0.5, 0.6) is 0 Å². The van der Waals surface area contributed by atoms with Gasteiger partial charge in [-0.05, 0) is 124 Å². The number of hydrogen-bond donors (Lipinski definition) is 0. The molecule has 1 nitrogen and oxygen atoms in total. The summed E-state index contributed by atoms with van der Waals surface area (Å²) in [5.74, 6) is 0. The Morgan fingerprint density at radius 1 is 0.292 bits per heavy atom. The van der Waals surface area contributed by atoms with Crippen LogP contribution in [0.4, 0.5) is 17.1 Å². The molecule has 0 spiro atoms. The zero-order valence-corrected chi connectivity index (χ0v) is 38.3. The molecule has 0 N–H and O–H groups in total. The van der Waals surface area contributed by atoms with Crippen LogP contribution in [0.1, 0.15) is 52.7 Å². The van der Waals surface area contributed by atoms with Crippen molar-refractivity contribution < 1.29 is 0 Å². The van der Waals surface area contributed by atoms with E-state index in [2.05, 4.69) is 271 Å². The fourth-order valence-electron chi connectivity index (χ4n) is 9.36. The Bertz CT molecular complexity index is 3260. The van der Waals surface area contributed by atoms with Gasteiger partial charge in [-0.2, -0.15) is 0 Å². The summed E-state index contributed by atoms with van der Waals surface area (Å²) in [5, 5.41) is 4.96. The highest BCUT2D eigenvalue weighted by Crippen LogP contribution is 2.46. The summed E-state index contributed by atoms with van der Waals surface area (Å²) >= 11 is 0. The number of fused-ring (bicyclic) bond motifs is 2. The Balaban J connectivity index is 1.15. The van der Waals surface area contributed by atoms with Gasteiger partial charge in [0.15, 0.2) is 0 Å². The maximum atomic E-state index is 2.45. The maximum absolute atomic E-state index is 2.45. The average molecular weight is 838 g/mol. The molecule has 65 heavy (non-hydrogen) atoms. The molecule has 0 aliphatic rings. The van der Waals surface area contributed by atoms with Gasteiger partial charge in [-0.15, -0.1) is 0 Å². The van der Waals surface area contributed by atoms with Gasteiger partial charge in [0.25, 0.3) is 0 Å². The van der Waals surface area contributed by atoms with Gasteiger partial charge in [0, 0.05) is 16.9 Å². The van der Waals surface area contributed by atoms with Crippen molar-refractivity contribution in [1.29, 1.82) is 0 Å². The lowest BCUT2D eigenvalue weighted by molar-refractivity contribution is 0.569. The van der Waals surface area contributed by atoms with Crippen LogP contribution in [0.3, 0.4) is 0 Å². The van der Waals surface area contributed by atoms with Crippen molar-refractivity contribution in [2.24, 2.45) is 0 Å². The molecule has 0 atom stereocenters. The van der Waals surface area contributed by atoms with E-state index in [1.54, 1.807) is 0 Å². The molecule has 0 aliphatic carbocycles. The first kappa shape index (κ1) is 41.5. The number of benzene rings is 10. The van der Waals surface area contributed by atoms with Crippen LogP contribution < -0.4 is 4.90 Å². The third-order valence-electron chi connectivity index (χ3n) is 13.0. The van der Waals surface area contributed by atoms with Crippen molar-refractivity contribution in [3.05, 3.63) is 236 Å². The van der Waals surface area contributed by atoms with E-state index in [9.17, 15) is 0 Å². The van der Waals surface area contributed by atoms with E-state index in [-0.39, 0.29) is 10.8 Å². The third-order valence-corrected chi connectivity index (χ3v) is 13.0. The third kappa shape index (κ3) is 8.27. The quantitative estimate of drug-likeness (QED) is 0.147. The summed E-state index contributed by atoms with van der Waals surface area (Å²) in [4.78, 5) is 2.45. The lowest BCUT2D eigenvalue weighted by Crippen LogP contribution is -2.16. The molecule has 0 bridgehead atoms. The standard InChI is InChI=1S/C64H55N/c1-63(2,3)52-40-51(41-53(43-52)64(4,5)6)58-29-16-22-49-23-17-30-60(62(49)58)59-27-12-13-31-61(59)65(55-25-14-24-50(42-55)57-28-15-21-48-20-10-11-26-56(48)57)54-38-36-47(37-39-54)46-34-32-45(33-35-46)44-18-8-7-9-19-44/h7-43H,1-6H3. The number of nitrogens with zero attached hydrogens (tertiary/aromatic N) is 1. The van der Waals surface area contributed by atoms with Crippen molar-refractivity contribution in [1.82, 2.24) is 0 Å². The summed E-state index contributed by atoms with van der Waals surface area (Å²) in [7, 11) is 0. The number of anilines is 3. The average Bonchev–Trinajstić information content (AvgIpc) is 3.34. The molecule has 0 fully saturated rings. The summed E-state index contributed by atoms with van der Waals surface area (Å²) in [6.07, 6.45) is 0. The molecule has 10 aromatic rings. The molecule has 0 saturated heterocycles. The summed E-state index contributed by atoms with van der Waals surface area (Å²) < 4.78 is 0. The molecule has 0 amide bonds. The van der Waals surface area contributed by atoms with Crippen molar-refractivity contribution in [2.45, 2.75) is 52.4 Å². The molecule has 0 unspecified atom stereocenters. The maximum Gasteiger partial charge on any atom is 0.0540 e. The second kappa shape index (κ2) is 16.9. The van der Waals surface area contributed by atoms with E-state index in [0.717, 1.165) is 17.1 Å². The van der Waals surface area contributed by atoms with Crippen molar-refractivity contribution >= 4 is 38.6 Å². The SMILES string of the molecule is CC(C)(C)c1cc(-c2cccc3cccc(-c4ccccc4N(c4ccc(-c5ccc(-c6ccccc6)cc5)cc4)c4cccc(-c5cccc6ccccc56)c4)c23)cc(C(C)(C)C)c1. The van der Waals surface area contributed by atoms with E-state index in [1.807, 2.05) is 0 Å². The van der Waals surface area contributed by atoms with Crippen LogP contribution in [0.15, 0.2) is 224 Å². The van der Waals surface area contributed by atoms with Crippen LogP contribution in [-0.2, 0) is 10.8 Å². The highest BCUT2D eigenvalue weighted by molar-refractivity contribution is 6.09. The van der Waals surface area contributed by atoms with Crippen molar-refractivity contribution in [3.63, 3.8) is 0 Å². The van der Waals surface area contributed by atoms with Gasteiger partial charge in [0.05, 0.1) is 5.69 Å². The van der Waals surface area contributed by atoms with E-state index in [1.165, 1.54) is 88.3 Å². The lowest BCUT2D eigenvalue weighted by atomic mass is 9.78. The van der Waals surface area contributed by atoms with Crippen LogP contribution in [0.25, 0.3) is 77.2 Å². The van der Waals surface area contributed by atoms with Gasteiger partial charge in [-0.3, -0.25) is 0 Å². The summed E-state index contributed by atoms with van der Waals surface area (Å²) in [5.41, 5.74) is 18.1. The Hall–Kier alpha value is -7.48. The van der Waals surface area contributed by atoms with Crippen LogP contribution >= 0.6 is 0 Å². The molecule has 0 aromatic heterocycles. The Kier molecular flexibility index (Phi) is 10.8. The van der Waals surface area contributed by atoms with Crippen molar-refractivity contribution in [3.8, 4) is 55.6 Å². The zero-order chi connectivity index (χ0) is 44.7. The summed E-state index contributed by atoms with van der Waals surface area (Å²) in [6, 6.07) is 82.8. The Labute approximate surface area is 385 Å². The molecule has 10 aromatic carbocycles. The van der Waals surface area contributed by atoms with Gasteiger partial charge >= 0.3 is 0 Å². The fourth-order valence-corrected chi connectivity index (χ4v) is 9.36. The monoisotopic (exact) mass is 837 g/mol. The van der Waals surface area contributed by atoms with Gasteiger partial charge in [0.2, 0.25) is 0 Å². The Morgan fingerprint density at radius 2 is 0.769 bits per heavy atom. The molecule has 0 heterocycles. The first-order chi connectivity index (χ1) is 31.5. The summed E-state index contributed by atoms with van der Waals surface area (Å²) in [6.45, 7) is 13.9. The highest BCUT2D eigenvalue weighted by atomic mass is 15.1. The molecule has 0 radical (unpaired) electrons. The van der Waals surface area contributed by atoms with Gasteiger partial charge < -0.3 is 4.90 Å². The fraction of sp³-hybridized carbons (Fsp3) is 0.125. The van der Waals surface area contributed by atoms with E-state index in [0.29, 0.717) is 0 Å². The minimum Gasteiger partial charge on any atom is -0.310 e. The predicted octanol–water partition coefficient (Wildman–Crippen LogP) is 18.4. The molecule has 316 valence electrons. The predicted molar refractivity (Wildman–Crippen MR) is 281 cm³/mol. The molecule has 1 heteroatoms. The Morgan fingerprint density at radius 3 is 1.43 bits per heavy atom. The smallest absolute Gasteiger partial charge is 0.0540 e. The van der Waals surface area contributed by atoms with Crippen LogP contribution in [-0.4, -0.2) is 0 Å². The lowest BCUT2D eigenvalue weighted by Gasteiger charge is -2.29. The topological polar surface area (TPSA) is 3.24 Å². The van der Waals surface area contributed by atoms with E-state index >= 15 is 0 Å². The van der Waals surface area contributed by atoms with E-state index in [4.69, 9.17) is 0 Å². The van der Waals surface area contributed by atoms with Gasteiger partial charge in [0.1, 0.15) is 0 Å². The molecule has 0 aliphatic heterocycles. The van der Waals surface area contributed by atoms with Gasteiger partial charge in [-0.25, -0.2) is 0 Å². The number of hydrogen-bond acceptors (Lipinski definition) is 1. The minimum absolute atomic E-state index is 0.00172. The second-order valence-electron chi connectivity index (χ2n) is 19.4. The number of rotatable bonds is 8. The highest BCUT2D eigenvalue weighted by Gasteiger charge is 2.24. The normalized spacial score (nSPS) is 11.8.